The highest BCUT2D eigenvalue weighted by Gasteiger charge is 2.07. The number of fused-ring (bicyclic) bond motifs is 1. The fourth-order valence-electron chi connectivity index (χ4n) is 2.42. The fourth-order valence-corrected chi connectivity index (χ4v) is 2.77. The van der Waals surface area contributed by atoms with Crippen molar-refractivity contribution in [3.63, 3.8) is 0 Å². The zero-order valence-electron chi connectivity index (χ0n) is 11.0. The van der Waals surface area contributed by atoms with Crippen molar-refractivity contribution in [2.75, 3.05) is 0 Å². The molecule has 19 heavy (non-hydrogen) atoms. The first kappa shape index (κ1) is 12.4. The van der Waals surface area contributed by atoms with Gasteiger partial charge in [-0.05, 0) is 42.7 Å². The number of nitrogens with zero attached hydrogens (tertiary/aromatic N) is 2. The lowest BCUT2D eigenvalue weighted by atomic mass is 10.0. The Morgan fingerprint density at radius 1 is 1.11 bits per heavy atom. The molecule has 0 bridgehead atoms. The van der Waals surface area contributed by atoms with Gasteiger partial charge in [-0.15, -0.1) is 0 Å². The van der Waals surface area contributed by atoms with Crippen molar-refractivity contribution in [2.24, 2.45) is 0 Å². The topological polar surface area (TPSA) is 17.8 Å². The second kappa shape index (κ2) is 4.82. The number of rotatable bonds is 2. The normalized spacial score (nSPS) is 11.1. The average molecular weight is 315 g/mol. The van der Waals surface area contributed by atoms with Crippen molar-refractivity contribution in [1.82, 2.24) is 9.78 Å². The number of aryl methyl sites for hydroxylation is 2. The summed E-state index contributed by atoms with van der Waals surface area (Å²) in [6, 6.07) is 12.7. The Balaban J connectivity index is 2.08. The third kappa shape index (κ3) is 2.30. The Kier molecular flexibility index (Phi) is 3.15. The Labute approximate surface area is 121 Å². The fraction of sp³-hybridized carbons (Fsp3) is 0.188. The zero-order chi connectivity index (χ0) is 13.4. The van der Waals surface area contributed by atoms with E-state index in [1.165, 1.54) is 22.1 Å². The minimum atomic E-state index is 0.818. The van der Waals surface area contributed by atoms with E-state index < -0.39 is 0 Å². The highest BCUT2D eigenvalue weighted by molar-refractivity contribution is 9.10. The predicted octanol–water partition coefficient (Wildman–Crippen LogP) is 4.46. The van der Waals surface area contributed by atoms with Crippen LogP contribution in [0.1, 0.15) is 16.7 Å². The number of hydrogen-bond donors (Lipinski definition) is 0. The average Bonchev–Trinajstić information content (AvgIpc) is 2.76. The quantitative estimate of drug-likeness (QED) is 0.682. The number of halogens is 1. The van der Waals surface area contributed by atoms with Crippen molar-refractivity contribution < 1.29 is 0 Å². The predicted molar refractivity (Wildman–Crippen MR) is 82.5 cm³/mol. The summed E-state index contributed by atoms with van der Waals surface area (Å²) < 4.78 is 3.15. The van der Waals surface area contributed by atoms with Crippen molar-refractivity contribution in [3.8, 4) is 0 Å². The van der Waals surface area contributed by atoms with Crippen LogP contribution in [0.3, 0.4) is 0 Å². The van der Waals surface area contributed by atoms with Gasteiger partial charge >= 0.3 is 0 Å². The number of hydrogen-bond acceptors (Lipinski definition) is 1. The van der Waals surface area contributed by atoms with Crippen LogP contribution in [-0.2, 0) is 6.54 Å². The van der Waals surface area contributed by atoms with Crippen LogP contribution >= 0.6 is 15.9 Å². The first-order valence-corrected chi connectivity index (χ1v) is 7.10. The lowest BCUT2D eigenvalue weighted by Gasteiger charge is -2.10. The second-order valence-corrected chi connectivity index (χ2v) is 5.79. The summed E-state index contributed by atoms with van der Waals surface area (Å²) in [4.78, 5) is 0. The minimum Gasteiger partial charge on any atom is -0.260 e. The standard InChI is InChI=1S/C16H15BrN2/c1-11-4-3-5-12(2)15(11)10-19-16-8-14(17)7-6-13(16)9-18-19/h3-9H,10H2,1-2H3. The van der Waals surface area contributed by atoms with Crippen LogP contribution in [0.2, 0.25) is 0 Å². The van der Waals surface area contributed by atoms with Gasteiger partial charge in [-0.3, -0.25) is 4.68 Å². The maximum atomic E-state index is 4.51. The molecule has 3 aromatic rings. The molecule has 2 nitrogen and oxygen atoms in total. The molecular weight excluding hydrogens is 300 g/mol. The summed E-state index contributed by atoms with van der Waals surface area (Å²) in [6.45, 7) is 5.13. The molecule has 0 radical (unpaired) electrons. The molecule has 0 spiro atoms. The molecule has 0 aliphatic heterocycles. The molecule has 1 heterocycles. The monoisotopic (exact) mass is 314 g/mol. The maximum Gasteiger partial charge on any atom is 0.0697 e. The van der Waals surface area contributed by atoms with Gasteiger partial charge in [0.25, 0.3) is 0 Å². The molecule has 1 aromatic heterocycles. The van der Waals surface area contributed by atoms with E-state index >= 15 is 0 Å². The molecule has 0 aliphatic carbocycles. The second-order valence-electron chi connectivity index (χ2n) is 4.88. The Morgan fingerprint density at radius 3 is 2.58 bits per heavy atom. The van der Waals surface area contributed by atoms with E-state index in [4.69, 9.17) is 0 Å². The smallest absolute Gasteiger partial charge is 0.0697 e. The van der Waals surface area contributed by atoms with Gasteiger partial charge in [0.05, 0.1) is 18.3 Å². The Morgan fingerprint density at radius 2 is 1.84 bits per heavy atom. The highest BCUT2D eigenvalue weighted by atomic mass is 79.9. The van der Waals surface area contributed by atoms with E-state index in [2.05, 4.69) is 69.9 Å². The number of aromatic nitrogens is 2. The minimum absolute atomic E-state index is 0.818. The molecule has 96 valence electrons. The van der Waals surface area contributed by atoms with Crippen LogP contribution in [0, 0.1) is 13.8 Å². The van der Waals surface area contributed by atoms with Crippen molar-refractivity contribution in [2.45, 2.75) is 20.4 Å². The lowest BCUT2D eigenvalue weighted by molar-refractivity contribution is 0.705. The molecule has 0 N–H and O–H groups in total. The van der Waals surface area contributed by atoms with Gasteiger partial charge in [-0.2, -0.15) is 5.10 Å². The van der Waals surface area contributed by atoms with Gasteiger partial charge in [0.2, 0.25) is 0 Å². The van der Waals surface area contributed by atoms with Crippen LogP contribution in [0.5, 0.6) is 0 Å². The Bertz CT molecular complexity index is 723. The van der Waals surface area contributed by atoms with Gasteiger partial charge in [-0.1, -0.05) is 40.2 Å². The highest BCUT2D eigenvalue weighted by Crippen LogP contribution is 2.22. The van der Waals surface area contributed by atoms with Crippen LogP contribution in [-0.4, -0.2) is 9.78 Å². The van der Waals surface area contributed by atoms with E-state index in [9.17, 15) is 0 Å². The zero-order valence-corrected chi connectivity index (χ0v) is 12.6. The summed E-state index contributed by atoms with van der Waals surface area (Å²) in [6.07, 6.45) is 1.93. The maximum absolute atomic E-state index is 4.51. The van der Waals surface area contributed by atoms with Gasteiger partial charge in [0, 0.05) is 9.86 Å². The van der Waals surface area contributed by atoms with Crippen LogP contribution in [0.15, 0.2) is 47.1 Å². The molecule has 0 saturated heterocycles. The van der Waals surface area contributed by atoms with Gasteiger partial charge in [-0.25, -0.2) is 0 Å². The van der Waals surface area contributed by atoms with Crippen LogP contribution < -0.4 is 0 Å². The largest absolute Gasteiger partial charge is 0.260 e. The van der Waals surface area contributed by atoms with Gasteiger partial charge in [0.1, 0.15) is 0 Å². The van der Waals surface area contributed by atoms with Crippen LogP contribution in [0.4, 0.5) is 0 Å². The van der Waals surface area contributed by atoms with Crippen molar-refractivity contribution >= 4 is 26.8 Å². The van der Waals surface area contributed by atoms with Crippen molar-refractivity contribution in [1.29, 1.82) is 0 Å². The van der Waals surface area contributed by atoms with E-state index in [-0.39, 0.29) is 0 Å². The molecule has 3 heteroatoms. The SMILES string of the molecule is Cc1cccc(C)c1Cn1ncc2ccc(Br)cc21. The molecule has 3 rings (SSSR count). The van der Waals surface area contributed by atoms with E-state index in [0.717, 1.165) is 16.5 Å². The summed E-state index contributed by atoms with van der Waals surface area (Å²) in [7, 11) is 0. The molecule has 0 fully saturated rings. The molecule has 0 atom stereocenters. The van der Waals surface area contributed by atoms with E-state index in [1.807, 2.05) is 12.3 Å². The molecule has 0 amide bonds. The summed E-state index contributed by atoms with van der Waals surface area (Å²) in [5.74, 6) is 0. The van der Waals surface area contributed by atoms with Gasteiger partial charge < -0.3 is 0 Å². The van der Waals surface area contributed by atoms with Crippen LogP contribution in [0.25, 0.3) is 10.9 Å². The lowest BCUT2D eigenvalue weighted by Crippen LogP contribution is -2.04. The van der Waals surface area contributed by atoms with E-state index in [0.29, 0.717) is 0 Å². The Hall–Kier alpha value is -1.61. The summed E-state index contributed by atoms with van der Waals surface area (Å²) >= 11 is 3.52. The third-order valence-electron chi connectivity index (χ3n) is 3.56. The molecule has 0 aliphatic rings. The molecule has 0 saturated carbocycles. The van der Waals surface area contributed by atoms with Gasteiger partial charge in [0.15, 0.2) is 0 Å². The van der Waals surface area contributed by atoms with Crippen molar-refractivity contribution in [3.05, 3.63) is 63.8 Å². The molecule has 2 aromatic carbocycles. The van der Waals surface area contributed by atoms with E-state index in [1.54, 1.807) is 0 Å². The summed E-state index contributed by atoms with van der Waals surface area (Å²) in [5.41, 5.74) is 5.15. The summed E-state index contributed by atoms with van der Waals surface area (Å²) in [5, 5.41) is 5.69. The number of benzene rings is 2. The first-order chi connectivity index (χ1) is 9.15. The first-order valence-electron chi connectivity index (χ1n) is 6.31. The molecular formula is C16H15BrN2. The molecule has 0 unspecified atom stereocenters. The third-order valence-corrected chi connectivity index (χ3v) is 4.05.